The molecule has 0 radical (unpaired) electrons. The number of aromatic hydroxyl groups is 1. The van der Waals surface area contributed by atoms with Crippen LogP contribution >= 0.6 is 0 Å². The molecule has 1 saturated heterocycles. The number of benzene rings is 1. The van der Waals surface area contributed by atoms with Crippen LogP contribution in [0.2, 0.25) is 0 Å². The number of rotatable bonds is 2. The maximum absolute atomic E-state index is 10.8. The largest absolute Gasteiger partial charge is 0.507 e. The van der Waals surface area contributed by atoms with Crippen molar-refractivity contribution < 1.29 is 14.6 Å². The third-order valence-corrected chi connectivity index (χ3v) is 2.74. The Labute approximate surface area is 94.2 Å². The molecule has 0 spiro atoms. The van der Waals surface area contributed by atoms with Gasteiger partial charge in [0, 0.05) is 12.1 Å². The number of aldehydes is 1. The van der Waals surface area contributed by atoms with E-state index in [9.17, 15) is 9.90 Å². The van der Waals surface area contributed by atoms with E-state index in [4.69, 9.17) is 4.74 Å². The molecular formula is C12H15NO3. The van der Waals surface area contributed by atoms with E-state index in [-0.39, 0.29) is 11.8 Å². The molecule has 2 rings (SSSR count). The standard InChI is InChI=1S/C12H15NO3/c1-8-4-9(6-14)12(15)10(5-8)11-7-16-3-2-13-11/h4-6,11,13,15H,2-3,7H2,1H3/t11-/m1/s1. The van der Waals surface area contributed by atoms with Crippen molar-refractivity contribution in [1.29, 1.82) is 0 Å². The predicted molar refractivity (Wildman–Crippen MR) is 59.8 cm³/mol. The van der Waals surface area contributed by atoms with Gasteiger partial charge in [-0.05, 0) is 18.6 Å². The fourth-order valence-electron chi connectivity index (χ4n) is 1.96. The van der Waals surface area contributed by atoms with Crippen LogP contribution in [0.3, 0.4) is 0 Å². The molecule has 4 nitrogen and oxygen atoms in total. The summed E-state index contributed by atoms with van der Waals surface area (Å²) in [6.07, 6.45) is 0.676. The van der Waals surface area contributed by atoms with E-state index in [1.165, 1.54) is 0 Å². The van der Waals surface area contributed by atoms with Gasteiger partial charge in [-0.3, -0.25) is 4.79 Å². The zero-order valence-electron chi connectivity index (χ0n) is 9.19. The molecule has 1 atom stereocenters. The third-order valence-electron chi connectivity index (χ3n) is 2.74. The Bertz CT molecular complexity index is 397. The minimum Gasteiger partial charge on any atom is -0.507 e. The fraction of sp³-hybridized carbons (Fsp3) is 0.417. The number of carbonyl (C=O) groups excluding carboxylic acids is 1. The second-order valence-corrected chi connectivity index (χ2v) is 3.99. The van der Waals surface area contributed by atoms with E-state index < -0.39 is 0 Å². The topological polar surface area (TPSA) is 58.6 Å². The van der Waals surface area contributed by atoms with Crippen molar-refractivity contribution in [3.8, 4) is 5.75 Å². The van der Waals surface area contributed by atoms with E-state index in [1.54, 1.807) is 6.07 Å². The number of carbonyl (C=O) groups is 1. The minimum atomic E-state index is -0.0349. The van der Waals surface area contributed by atoms with Crippen molar-refractivity contribution in [3.05, 3.63) is 28.8 Å². The Morgan fingerprint density at radius 1 is 1.56 bits per heavy atom. The van der Waals surface area contributed by atoms with E-state index in [0.717, 1.165) is 17.7 Å². The van der Waals surface area contributed by atoms with Crippen LogP contribution in [-0.2, 0) is 4.74 Å². The first-order valence-electron chi connectivity index (χ1n) is 5.32. The molecular weight excluding hydrogens is 206 g/mol. The van der Waals surface area contributed by atoms with Gasteiger partial charge in [0.15, 0.2) is 6.29 Å². The molecule has 1 heterocycles. The second-order valence-electron chi connectivity index (χ2n) is 3.99. The first-order chi connectivity index (χ1) is 7.72. The lowest BCUT2D eigenvalue weighted by atomic mass is 9.99. The molecule has 0 saturated carbocycles. The number of hydrogen-bond donors (Lipinski definition) is 2. The highest BCUT2D eigenvalue weighted by molar-refractivity contribution is 5.80. The van der Waals surface area contributed by atoms with Gasteiger partial charge in [-0.1, -0.05) is 6.07 Å². The van der Waals surface area contributed by atoms with Gasteiger partial charge in [-0.25, -0.2) is 0 Å². The fourth-order valence-corrected chi connectivity index (χ4v) is 1.96. The molecule has 1 aromatic rings. The number of phenols is 1. The molecule has 1 aromatic carbocycles. The molecule has 1 aliphatic rings. The van der Waals surface area contributed by atoms with E-state index in [1.807, 2.05) is 13.0 Å². The van der Waals surface area contributed by atoms with Crippen molar-refractivity contribution in [1.82, 2.24) is 5.32 Å². The number of hydrogen-bond acceptors (Lipinski definition) is 4. The molecule has 0 aliphatic carbocycles. The predicted octanol–water partition coefficient (Wildman–Crippen LogP) is 1.17. The van der Waals surface area contributed by atoms with Crippen LogP contribution in [0.5, 0.6) is 5.75 Å². The maximum atomic E-state index is 10.8. The number of phenolic OH excluding ortho intramolecular Hbond substituents is 1. The Balaban J connectivity index is 2.38. The van der Waals surface area contributed by atoms with Crippen molar-refractivity contribution >= 4 is 6.29 Å². The van der Waals surface area contributed by atoms with Crippen LogP contribution in [0.4, 0.5) is 0 Å². The summed E-state index contributed by atoms with van der Waals surface area (Å²) in [6, 6.07) is 3.52. The van der Waals surface area contributed by atoms with Crippen LogP contribution in [0.25, 0.3) is 0 Å². The van der Waals surface area contributed by atoms with Crippen LogP contribution < -0.4 is 5.32 Å². The zero-order chi connectivity index (χ0) is 11.5. The Kier molecular flexibility index (Phi) is 3.22. The van der Waals surface area contributed by atoms with E-state index >= 15 is 0 Å². The maximum Gasteiger partial charge on any atom is 0.153 e. The van der Waals surface area contributed by atoms with Gasteiger partial charge in [0.25, 0.3) is 0 Å². The first-order valence-corrected chi connectivity index (χ1v) is 5.32. The lowest BCUT2D eigenvalue weighted by Crippen LogP contribution is -2.34. The highest BCUT2D eigenvalue weighted by Crippen LogP contribution is 2.29. The molecule has 0 bridgehead atoms. The zero-order valence-corrected chi connectivity index (χ0v) is 9.19. The third kappa shape index (κ3) is 2.08. The number of morpholine rings is 1. The summed E-state index contributed by atoms with van der Waals surface area (Å²) in [5, 5.41) is 13.2. The highest BCUT2D eigenvalue weighted by atomic mass is 16.5. The van der Waals surface area contributed by atoms with Crippen molar-refractivity contribution in [2.24, 2.45) is 0 Å². The van der Waals surface area contributed by atoms with Gasteiger partial charge < -0.3 is 15.2 Å². The summed E-state index contributed by atoms with van der Waals surface area (Å²) in [7, 11) is 0. The molecule has 1 aliphatic heterocycles. The summed E-state index contributed by atoms with van der Waals surface area (Å²) in [5.74, 6) is 0.0589. The molecule has 0 aromatic heterocycles. The summed E-state index contributed by atoms with van der Waals surface area (Å²) < 4.78 is 5.34. The second kappa shape index (κ2) is 4.63. The molecule has 1 fully saturated rings. The van der Waals surface area contributed by atoms with Gasteiger partial charge in [-0.2, -0.15) is 0 Å². The van der Waals surface area contributed by atoms with Crippen molar-refractivity contribution in [2.75, 3.05) is 19.8 Å². The summed E-state index contributed by atoms with van der Waals surface area (Å²) in [5.41, 5.74) is 2.03. The van der Waals surface area contributed by atoms with Crippen molar-refractivity contribution in [2.45, 2.75) is 13.0 Å². The van der Waals surface area contributed by atoms with Gasteiger partial charge in [0.1, 0.15) is 5.75 Å². The average molecular weight is 221 g/mol. The van der Waals surface area contributed by atoms with Crippen molar-refractivity contribution in [3.63, 3.8) is 0 Å². The summed E-state index contributed by atoms with van der Waals surface area (Å²) in [4.78, 5) is 10.8. The molecule has 2 N–H and O–H groups in total. The molecule has 0 amide bonds. The van der Waals surface area contributed by atoms with Crippen LogP contribution in [0, 0.1) is 6.92 Å². The molecule has 0 unspecified atom stereocenters. The normalized spacial score (nSPS) is 20.7. The Morgan fingerprint density at radius 2 is 2.38 bits per heavy atom. The summed E-state index contributed by atoms with van der Waals surface area (Å²) in [6.45, 7) is 3.87. The minimum absolute atomic E-state index is 0.0349. The molecule has 16 heavy (non-hydrogen) atoms. The van der Waals surface area contributed by atoms with Crippen LogP contribution in [-0.4, -0.2) is 31.2 Å². The van der Waals surface area contributed by atoms with Crippen LogP contribution in [0.1, 0.15) is 27.5 Å². The molecule has 4 heteroatoms. The monoisotopic (exact) mass is 221 g/mol. The lowest BCUT2D eigenvalue weighted by molar-refractivity contribution is 0.0760. The van der Waals surface area contributed by atoms with Crippen LogP contribution in [0.15, 0.2) is 12.1 Å². The first kappa shape index (κ1) is 11.1. The quantitative estimate of drug-likeness (QED) is 0.736. The van der Waals surface area contributed by atoms with Gasteiger partial charge >= 0.3 is 0 Å². The highest BCUT2D eigenvalue weighted by Gasteiger charge is 2.20. The summed E-state index contributed by atoms with van der Waals surface area (Å²) >= 11 is 0. The van der Waals surface area contributed by atoms with Gasteiger partial charge in [0.05, 0.1) is 24.8 Å². The molecule has 86 valence electrons. The number of aryl methyl sites for hydroxylation is 1. The number of ether oxygens (including phenoxy) is 1. The van der Waals surface area contributed by atoms with Gasteiger partial charge in [-0.15, -0.1) is 0 Å². The lowest BCUT2D eigenvalue weighted by Gasteiger charge is -2.25. The van der Waals surface area contributed by atoms with E-state index in [2.05, 4.69) is 5.32 Å². The Hall–Kier alpha value is -1.39. The SMILES string of the molecule is Cc1cc(C=O)c(O)c([C@H]2COCCN2)c1. The smallest absolute Gasteiger partial charge is 0.153 e. The Morgan fingerprint density at radius 3 is 3.00 bits per heavy atom. The average Bonchev–Trinajstić information content (AvgIpc) is 2.33. The van der Waals surface area contributed by atoms with Gasteiger partial charge in [0.2, 0.25) is 0 Å². The van der Waals surface area contributed by atoms with E-state index in [0.29, 0.717) is 25.1 Å². The number of nitrogens with one attached hydrogen (secondary N) is 1.